The van der Waals surface area contributed by atoms with Crippen LogP contribution in [0.25, 0.3) is 0 Å². The van der Waals surface area contributed by atoms with Crippen LogP contribution in [0, 0.1) is 11.7 Å². The first-order valence-corrected chi connectivity index (χ1v) is 9.58. The van der Waals surface area contributed by atoms with Crippen molar-refractivity contribution in [1.82, 2.24) is 4.90 Å². The van der Waals surface area contributed by atoms with Gasteiger partial charge in [0.05, 0.1) is 5.02 Å². The second kappa shape index (κ2) is 9.09. The maximum absolute atomic E-state index is 13.9. The van der Waals surface area contributed by atoms with Crippen LogP contribution in [0.2, 0.25) is 5.02 Å². The van der Waals surface area contributed by atoms with Crippen LogP contribution in [0.15, 0.2) is 47.5 Å². The van der Waals surface area contributed by atoms with Crippen molar-refractivity contribution in [3.63, 3.8) is 0 Å². The number of hydrogen-bond donors (Lipinski definition) is 2. The maximum atomic E-state index is 13.9. The smallest absolute Gasteiger partial charge is 0.406 e. The molecule has 1 fully saturated rings. The van der Waals surface area contributed by atoms with Gasteiger partial charge >= 0.3 is 6.36 Å². The van der Waals surface area contributed by atoms with Gasteiger partial charge in [0.15, 0.2) is 5.96 Å². The van der Waals surface area contributed by atoms with Gasteiger partial charge < -0.3 is 15.8 Å². The number of anilines is 1. The molecule has 5 nitrogen and oxygen atoms in total. The average Bonchev–Trinajstić information content (AvgIpc) is 3.03. The fourth-order valence-corrected chi connectivity index (χ4v) is 3.70. The summed E-state index contributed by atoms with van der Waals surface area (Å²) in [6.45, 7) is 1.25. The van der Waals surface area contributed by atoms with Crippen LogP contribution >= 0.6 is 11.6 Å². The number of hydrogen-bond acceptors (Lipinski definition) is 3. The van der Waals surface area contributed by atoms with Crippen molar-refractivity contribution in [1.29, 1.82) is 0 Å². The van der Waals surface area contributed by atoms with Gasteiger partial charge in [-0.3, -0.25) is 9.89 Å². The summed E-state index contributed by atoms with van der Waals surface area (Å²) in [5, 5.41) is 2.92. The number of rotatable bonds is 5. The predicted octanol–water partition coefficient (Wildman–Crippen LogP) is 4.80. The molecule has 0 saturated carbocycles. The van der Waals surface area contributed by atoms with Crippen LogP contribution in [-0.2, 0) is 0 Å². The molecule has 0 aromatic heterocycles. The van der Waals surface area contributed by atoms with Gasteiger partial charge in [0.1, 0.15) is 11.6 Å². The molecule has 30 heavy (non-hydrogen) atoms. The number of aliphatic imine (C=N–C) groups is 1. The summed E-state index contributed by atoms with van der Waals surface area (Å²) >= 11 is 5.78. The van der Waals surface area contributed by atoms with Crippen molar-refractivity contribution in [3.8, 4) is 5.75 Å². The lowest BCUT2D eigenvalue weighted by molar-refractivity contribution is -0.274. The first-order valence-electron chi connectivity index (χ1n) is 9.20. The third-order valence-corrected chi connectivity index (χ3v) is 5.22. The fourth-order valence-electron chi connectivity index (χ4n) is 3.58. The number of ether oxygens (including phenoxy) is 1. The molecule has 10 heteroatoms. The third-order valence-electron chi connectivity index (χ3n) is 4.92. The Labute approximate surface area is 176 Å². The molecule has 2 atom stereocenters. The molecular weight excluding hydrogens is 424 g/mol. The van der Waals surface area contributed by atoms with E-state index in [1.165, 1.54) is 30.3 Å². The zero-order chi connectivity index (χ0) is 21.9. The average molecular weight is 445 g/mol. The number of alkyl halides is 3. The van der Waals surface area contributed by atoms with Crippen LogP contribution in [0.1, 0.15) is 18.0 Å². The molecule has 1 aliphatic rings. The molecule has 0 radical (unpaired) electrons. The Morgan fingerprint density at radius 2 is 1.97 bits per heavy atom. The number of nitrogens with two attached hydrogens (primary N) is 1. The largest absolute Gasteiger partial charge is 0.573 e. The van der Waals surface area contributed by atoms with E-state index in [2.05, 4.69) is 19.9 Å². The first kappa shape index (κ1) is 22.2. The molecule has 0 spiro atoms. The van der Waals surface area contributed by atoms with Crippen LogP contribution < -0.4 is 15.8 Å². The number of guanidine groups is 1. The summed E-state index contributed by atoms with van der Waals surface area (Å²) in [4.78, 5) is 6.49. The predicted molar refractivity (Wildman–Crippen MR) is 108 cm³/mol. The standard InChI is InChI=1S/C20H21ClF4N4O/c1-29-9-8-13(18(29)12-2-7-16(21)17(22)10-12)11-27-19(26)28-14-3-5-15(6-4-14)30-20(23,24)25/h2-7,10,13,18H,8-9,11H2,1H3,(H3,26,27,28). The summed E-state index contributed by atoms with van der Waals surface area (Å²) < 4.78 is 54.4. The Hall–Kier alpha value is -2.52. The molecule has 2 unspecified atom stereocenters. The lowest BCUT2D eigenvalue weighted by Gasteiger charge is -2.25. The molecule has 3 rings (SSSR count). The number of benzene rings is 2. The molecule has 162 valence electrons. The second-order valence-corrected chi connectivity index (χ2v) is 7.48. The van der Waals surface area contributed by atoms with E-state index in [4.69, 9.17) is 17.3 Å². The van der Waals surface area contributed by atoms with E-state index in [0.717, 1.165) is 18.5 Å². The molecule has 0 bridgehead atoms. The molecule has 2 aromatic carbocycles. The van der Waals surface area contributed by atoms with Gasteiger partial charge in [0, 0.05) is 18.3 Å². The van der Waals surface area contributed by atoms with Gasteiger partial charge in [-0.15, -0.1) is 13.2 Å². The van der Waals surface area contributed by atoms with Gasteiger partial charge in [-0.2, -0.15) is 0 Å². The highest BCUT2D eigenvalue weighted by Gasteiger charge is 2.33. The Morgan fingerprint density at radius 3 is 2.60 bits per heavy atom. The van der Waals surface area contributed by atoms with Crippen molar-refractivity contribution >= 4 is 23.2 Å². The van der Waals surface area contributed by atoms with Crippen LogP contribution in [0.5, 0.6) is 5.75 Å². The molecule has 1 saturated heterocycles. The monoisotopic (exact) mass is 444 g/mol. The van der Waals surface area contributed by atoms with Gasteiger partial charge in [0.25, 0.3) is 0 Å². The normalized spacial score (nSPS) is 20.4. The van der Waals surface area contributed by atoms with E-state index in [9.17, 15) is 17.6 Å². The fraction of sp³-hybridized carbons (Fsp3) is 0.350. The molecule has 0 aliphatic carbocycles. The van der Waals surface area contributed by atoms with Crippen molar-refractivity contribution in [2.24, 2.45) is 16.6 Å². The Morgan fingerprint density at radius 1 is 1.27 bits per heavy atom. The number of likely N-dealkylation sites (tertiary alicyclic amines) is 1. The van der Waals surface area contributed by atoms with E-state index in [1.807, 2.05) is 7.05 Å². The molecule has 0 amide bonds. The van der Waals surface area contributed by atoms with Gasteiger partial charge in [-0.1, -0.05) is 17.7 Å². The van der Waals surface area contributed by atoms with Gasteiger partial charge in [0.2, 0.25) is 0 Å². The number of nitrogens with one attached hydrogen (secondary N) is 1. The van der Waals surface area contributed by atoms with Crippen LogP contribution in [0.4, 0.5) is 23.2 Å². The minimum absolute atomic E-state index is 0.0212. The highest BCUT2D eigenvalue weighted by Crippen LogP contribution is 2.37. The second-order valence-electron chi connectivity index (χ2n) is 7.07. The summed E-state index contributed by atoms with van der Waals surface area (Å²) in [5.74, 6) is -0.528. The van der Waals surface area contributed by atoms with Gasteiger partial charge in [-0.05, 0) is 67.9 Å². The van der Waals surface area contributed by atoms with E-state index >= 15 is 0 Å². The molecule has 1 heterocycles. The number of halogens is 5. The SMILES string of the molecule is CN1CCC(CN=C(N)Nc2ccc(OC(F)(F)F)cc2)C1c1ccc(Cl)c(F)c1. The number of nitrogens with zero attached hydrogens (tertiary/aromatic N) is 2. The van der Waals surface area contributed by atoms with Crippen molar-refractivity contribution in [2.45, 2.75) is 18.8 Å². The Bertz CT molecular complexity index is 905. The van der Waals surface area contributed by atoms with Crippen LogP contribution in [0.3, 0.4) is 0 Å². The third kappa shape index (κ3) is 5.76. The lowest BCUT2D eigenvalue weighted by atomic mass is 9.94. The van der Waals surface area contributed by atoms with Crippen molar-refractivity contribution < 1.29 is 22.3 Å². The zero-order valence-electron chi connectivity index (χ0n) is 16.1. The minimum Gasteiger partial charge on any atom is -0.406 e. The maximum Gasteiger partial charge on any atom is 0.573 e. The summed E-state index contributed by atoms with van der Waals surface area (Å²) in [5.41, 5.74) is 7.22. The first-order chi connectivity index (χ1) is 14.1. The van der Waals surface area contributed by atoms with Gasteiger partial charge in [-0.25, -0.2) is 4.39 Å². The Balaban J connectivity index is 1.63. The van der Waals surface area contributed by atoms with E-state index in [0.29, 0.717) is 12.2 Å². The van der Waals surface area contributed by atoms with Crippen LogP contribution in [-0.4, -0.2) is 37.4 Å². The molecule has 1 aliphatic heterocycles. The van der Waals surface area contributed by atoms with E-state index in [1.54, 1.807) is 12.1 Å². The molecule has 2 aromatic rings. The zero-order valence-corrected chi connectivity index (χ0v) is 16.8. The summed E-state index contributed by atoms with van der Waals surface area (Å²) in [6.07, 6.45) is -3.88. The summed E-state index contributed by atoms with van der Waals surface area (Å²) in [7, 11) is 1.97. The minimum atomic E-state index is -4.74. The molecule has 3 N–H and O–H groups in total. The topological polar surface area (TPSA) is 62.9 Å². The lowest BCUT2D eigenvalue weighted by Crippen LogP contribution is -2.26. The highest BCUT2D eigenvalue weighted by molar-refractivity contribution is 6.30. The Kier molecular flexibility index (Phi) is 6.72. The highest BCUT2D eigenvalue weighted by atomic mass is 35.5. The van der Waals surface area contributed by atoms with E-state index in [-0.39, 0.29) is 28.7 Å². The quantitative estimate of drug-likeness (QED) is 0.395. The van der Waals surface area contributed by atoms with Crippen molar-refractivity contribution in [3.05, 3.63) is 58.9 Å². The van der Waals surface area contributed by atoms with E-state index < -0.39 is 12.2 Å². The molecular formula is C20H21ClF4N4O. The van der Waals surface area contributed by atoms with Crippen molar-refractivity contribution in [2.75, 3.05) is 25.5 Å². The summed E-state index contributed by atoms with van der Waals surface area (Å²) in [6, 6.07) is 9.95.